The van der Waals surface area contributed by atoms with Crippen molar-refractivity contribution in [3.8, 4) is 0 Å². The third-order valence-corrected chi connectivity index (χ3v) is 2.73. The summed E-state index contributed by atoms with van der Waals surface area (Å²) < 4.78 is 0. The minimum absolute atomic E-state index is 0.0747. The van der Waals surface area contributed by atoms with Crippen molar-refractivity contribution in [2.75, 3.05) is 6.54 Å². The molecule has 0 aliphatic rings. The van der Waals surface area contributed by atoms with Crippen molar-refractivity contribution in [3.05, 3.63) is 0 Å². The summed E-state index contributed by atoms with van der Waals surface area (Å²) in [5.41, 5.74) is 11.6. The van der Waals surface area contributed by atoms with Gasteiger partial charge in [-0.05, 0) is 24.8 Å². The standard InChI is InChI=1S/C9H22N2.2ClH.Pt/c1-7(2)9(11,5-6-10)8(3)4;;;/h7-8H,5-6,10-11H2,1-4H3;2*1H;/q;;;+2/p-2. The van der Waals surface area contributed by atoms with Crippen molar-refractivity contribution in [2.24, 2.45) is 23.3 Å². The van der Waals surface area contributed by atoms with Gasteiger partial charge >= 0.3 is 35.3 Å². The molecule has 4 N–H and O–H groups in total. The van der Waals surface area contributed by atoms with Crippen LogP contribution in [-0.2, 0) is 16.5 Å². The maximum absolute atomic E-state index is 6.21. The first kappa shape index (κ1) is 17.6. The van der Waals surface area contributed by atoms with Gasteiger partial charge in [0.2, 0.25) is 0 Å². The molecule has 0 aromatic carbocycles. The fraction of sp³-hybridized carbons (Fsp3) is 1.00. The number of rotatable bonds is 4. The van der Waals surface area contributed by atoms with Gasteiger partial charge in [-0.3, -0.25) is 0 Å². The first-order valence-electron chi connectivity index (χ1n) is 4.68. The van der Waals surface area contributed by atoms with Crippen molar-refractivity contribution in [1.82, 2.24) is 0 Å². The Morgan fingerprint density at radius 2 is 1.43 bits per heavy atom. The number of hydrogen-bond donors (Lipinski definition) is 2. The van der Waals surface area contributed by atoms with Crippen molar-refractivity contribution < 1.29 is 16.5 Å². The molecule has 0 bridgehead atoms. The second-order valence-corrected chi connectivity index (χ2v) is 7.29. The van der Waals surface area contributed by atoms with Crippen LogP contribution in [0.1, 0.15) is 34.1 Å². The first-order valence-corrected chi connectivity index (χ1v) is 10.3. The third kappa shape index (κ3) is 6.63. The van der Waals surface area contributed by atoms with Gasteiger partial charge in [-0.2, -0.15) is 0 Å². The molecule has 5 heteroatoms. The second-order valence-electron chi connectivity index (χ2n) is 4.01. The van der Waals surface area contributed by atoms with Crippen molar-refractivity contribution in [3.63, 3.8) is 0 Å². The molecular weight excluding hydrogens is 402 g/mol. The van der Waals surface area contributed by atoms with Crippen LogP contribution in [0.5, 0.6) is 0 Å². The first-order chi connectivity index (χ1) is 6.36. The monoisotopic (exact) mass is 423 g/mol. The van der Waals surface area contributed by atoms with Crippen LogP contribution in [0.15, 0.2) is 0 Å². The molecule has 0 heterocycles. The van der Waals surface area contributed by atoms with Gasteiger partial charge in [0.25, 0.3) is 0 Å². The zero-order valence-corrected chi connectivity index (χ0v) is 13.1. The van der Waals surface area contributed by atoms with Gasteiger partial charge in [0.1, 0.15) is 0 Å². The molecule has 0 rings (SSSR count). The van der Waals surface area contributed by atoms with E-state index in [0.29, 0.717) is 18.4 Å². The van der Waals surface area contributed by atoms with Crippen LogP contribution in [0.4, 0.5) is 0 Å². The summed E-state index contributed by atoms with van der Waals surface area (Å²) in [5, 5.41) is 0. The van der Waals surface area contributed by atoms with E-state index in [-0.39, 0.29) is 5.54 Å². The van der Waals surface area contributed by atoms with Gasteiger partial charge in [-0.25, -0.2) is 0 Å². The molecule has 0 spiro atoms. The molecule has 0 saturated carbocycles. The fourth-order valence-corrected chi connectivity index (χ4v) is 1.49. The number of nitrogens with two attached hydrogens (primary N) is 2. The van der Waals surface area contributed by atoms with Crippen LogP contribution in [0.3, 0.4) is 0 Å². The Bertz CT molecular complexity index is 124. The number of hydrogen-bond acceptors (Lipinski definition) is 2. The summed E-state index contributed by atoms with van der Waals surface area (Å²) >= 11 is -0.472. The van der Waals surface area contributed by atoms with E-state index >= 15 is 0 Å². The molecule has 0 aliphatic heterocycles. The molecule has 0 unspecified atom stereocenters. The van der Waals surface area contributed by atoms with Gasteiger partial charge < -0.3 is 11.5 Å². The van der Waals surface area contributed by atoms with E-state index in [2.05, 4.69) is 27.7 Å². The van der Waals surface area contributed by atoms with E-state index in [9.17, 15) is 0 Å². The van der Waals surface area contributed by atoms with Crippen molar-refractivity contribution in [2.45, 2.75) is 39.7 Å². The molecule has 0 fully saturated rings. The van der Waals surface area contributed by atoms with Crippen molar-refractivity contribution >= 4 is 18.8 Å². The van der Waals surface area contributed by atoms with Gasteiger partial charge in [0.15, 0.2) is 0 Å². The summed E-state index contributed by atoms with van der Waals surface area (Å²) in [7, 11) is 9.75. The molecule has 0 atom stereocenters. The predicted octanol–water partition coefficient (Wildman–Crippen LogP) is 2.72. The molecule has 92 valence electrons. The quantitative estimate of drug-likeness (QED) is 0.730. The number of halogens is 2. The van der Waals surface area contributed by atoms with Gasteiger partial charge in [-0.15, -0.1) is 0 Å². The fourth-order valence-electron chi connectivity index (χ4n) is 1.49. The molecule has 0 saturated heterocycles. The zero-order valence-electron chi connectivity index (χ0n) is 9.30. The zero-order chi connectivity index (χ0) is 11.8. The predicted molar refractivity (Wildman–Crippen MR) is 62.0 cm³/mol. The van der Waals surface area contributed by atoms with E-state index in [1.165, 1.54) is 0 Å². The molecule has 0 aromatic heterocycles. The molecule has 14 heavy (non-hydrogen) atoms. The van der Waals surface area contributed by atoms with Crippen LogP contribution in [0, 0.1) is 11.8 Å². The van der Waals surface area contributed by atoms with E-state index in [0.717, 1.165) is 6.42 Å². The normalized spacial score (nSPS) is 11.9. The summed E-state index contributed by atoms with van der Waals surface area (Å²) in [6.45, 7) is 9.34. The average molecular weight is 424 g/mol. The molecule has 0 radical (unpaired) electrons. The molecule has 0 aliphatic carbocycles. The van der Waals surface area contributed by atoms with Gasteiger partial charge in [-0.1, -0.05) is 27.7 Å². The molecule has 2 nitrogen and oxygen atoms in total. The Morgan fingerprint density at radius 1 is 1.14 bits per heavy atom. The van der Waals surface area contributed by atoms with Crippen LogP contribution in [0.2, 0.25) is 0 Å². The molecular formula is C9H22Cl2N2Pt. The Balaban J connectivity index is 0. The Labute approximate surface area is 104 Å². The summed E-state index contributed by atoms with van der Waals surface area (Å²) in [4.78, 5) is 0. The van der Waals surface area contributed by atoms with Crippen LogP contribution < -0.4 is 11.5 Å². The van der Waals surface area contributed by atoms with Crippen LogP contribution in [-0.4, -0.2) is 12.1 Å². The molecule has 0 amide bonds. The van der Waals surface area contributed by atoms with E-state index in [1.54, 1.807) is 0 Å². The summed E-state index contributed by atoms with van der Waals surface area (Å²) in [5.74, 6) is 1.01. The van der Waals surface area contributed by atoms with Gasteiger partial charge in [0.05, 0.1) is 0 Å². The third-order valence-electron chi connectivity index (χ3n) is 2.73. The summed E-state index contributed by atoms with van der Waals surface area (Å²) in [6, 6.07) is 0. The topological polar surface area (TPSA) is 52.0 Å². The van der Waals surface area contributed by atoms with Crippen LogP contribution in [0.25, 0.3) is 0 Å². The maximum atomic E-state index is 6.21. The van der Waals surface area contributed by atoms with Gasteiger partial charge in [0, 0.05) is 5.54 Å². The SMILES string of the molecule is CC(C)C(N)(CCN)C(C)C.[Cl][Pt][Cl]. The second kappa shape index (κ2) is 9.42. The van der Waals surface area contributed by atoms with E-state index in [1.807, 2.05) is 0 Å². The average Bonchev–Trinajstić information content (AvgIpc) is 2.05. The Morgan fingerprint density at radius 3 is 1.50 bits per heavy atom. The Kier molecular flexibility index (Phi) is 11.8. The van der Waals surface area contributed by atoms with E-state index < -0.39 is 16.5 Å². The van der Waals surface area contributed by atoms with Crippen molar-refractivity contribution in [1.29, 1.82) is 0 Å². The Hall–Kier alpha value is 1.19. The minimum atomic E-state index is -0.472. The van der Waals surface area contributed by atoms with E-state index in [4.69, 9.17) is 30.3 Å². The summed E-state index contributed by atoms with van der Waals surface area (Å²) in [6.07, 6.45) is 0.919. The molecule has 0 aromatic rings. The van der Waals surface area contributed by atoms with Crippen LogP contribution >= 0.6 is 18.8 Å².